The van der Waals surface area contributed by atoms with Crippen molar-refractivity contribution in [3.63, 3.8) is 0 Å². The Bertz CT molecular complexity index is 331. The zero-order valence-corrected chi connectivity index (χ0v) is 11.4. The zero-order valence-electron chi connectivity index (χ0n) is 11.4. The Labute approximate surface area is 114 Å². The number of hydrogen-bond donors (Lipinski definition) is 2. The number of nitrogens with two attached hydrogens (primary N) is 1. The maximum Gasteiger partial charge on any atom is 0.407 e. The average Bonchev–Trinajstić information content (AvgIpc) is 3.00. The molecule has 3 saturated heterocycles. The van der Waals surface area contributed by atoms with Gasteiger partial charge in [0.2, 0.25) is 0 Å². The van der Waals surface area contributed by atoms with Crippen molar-refractivity contribution in [2.24, 2.45) is 5.73 Å². The zero-order chi connectivity index (χ0) is 13.2. The standard InChI is InChI=1S/C13H24N4O2/c14-10-1-5-17(6-2-10)11-3-4-16(8-11)9-12-7-15-13(18)19-12/h10-12H,1-9,14H2,(H,15,18). The van der Waals surface area contributed by atoms with Crippen LogP contribution in [0.5, 0.6) is 0 Å². The second-order valence-corrected chi connectivity index (χ2v) is 5.98. The molecule has 0 aromatic rings. The molecule has 3 aliphatic rings. The molecule has 1 amide bonds. The maximum absolute atomic E-state index is 11.0. The number of hydrogen-bond acceptors (Lipinski definition) is 5. The van der Waals surface area contributed by atoms with Gasteiger partial charge in [-0.25, -0.2) is 4.79 Å². The van der Waals surface area contributed by atoms with Crippen LogP contribution >= 0.6 is 0 Å². The number of nitrogens with zero attached hydrogens (tertiary/aromatic N) is 2. The van der Waals surface area contributed by atoms with E-state index in [-0.39, 0.29) is 12.2 Å². The second-order valence-electron chi connectivity index (χ2n) is 5.98. The van der Waals surface area contributed by atoms with Crippen molar-refractivity contribution in [3.8, 4) is 0 Å². The first kappa shape index (κ1) is 13.1. The molecule has 0 radical (unpaired) electrons. The van der Waals surface area contributed by atoms with Crippen LogP contribution in [-0.4, -0.2) is 73.3 Å². The van der Waals surface area contributed by atoms with Crippen LogP contribution in [0.2, 0.25) is 0 Å². The summed E-state index contributed by atoms with van der Waals surface area (Å²) in [5.41, 5.74) is 5.95. The number of rotatable bonds is 3. The molecule has 0 bridgehead atoms. The van der Waals surface area contributed by atoms with Crippen molar-refractivity contribution in [2.75, 3.05) is 39.3 Å². The van der Waals surface area contributed by atoms with Crippen molar-refractivity contribution in [1.82, 2.24) is 15.1 Å². The Balaban J connectivity index is 1.43. The summed E-state index contributed by atoms with van der Waals surface area (Å²) in [4.78, 5) is 16.0. The molecule has 0 saturated carbocycles. The fourth-order valence-electron chi connectivity index (χ4n) is 3.38. The molecule has 3 N–H and O–H groups in total. The van der Waals surface area contributed by atoms with Crippen molar-refractivity contribution >= 4 is 6.09 Å². The van der Waals surface area contributed by atoms with Gasteiger partial charge in [0.25, 0.3) is 0 Å². The highest BCUT2D eigenvalue weighted by atomic mass is 16.6. The summed E-state index contributed by atoms with van der Waals surface area (Å²) in [5, 5.41) is 2.71. The van der Waals surface area contributed by atoms with Crippen molar-refractivity contribution in [1.29, 1.82) is 0 Å². The first-order valence-corrected chi connectivity index (χ1v) is 7.37. The number of cyclic esters (lactones) is 1. The number of likely N-dealkylation sites (tertiary alicyclic amines) is 2. The van der Waals surface area contributed by atoms with Gasteiger partial charge < -0.3 is 15.8 Å². The molecular formula is C13H24N4O2. The van der Waals surface area contributed by atoms with Crippen LogP contribution in [-0.2, 0) is 4.74 Å². The lowest BCUT2D eigenvalue weighted by atomic mass is 10.0. The molecule has 3 aliphatic heterocycles. The lowest BCUT2D eigenvalue weighted by Crippen LogP contribution is -2.46. The Kier molecular flexibility index (Phi) is 3.91. The first-order chi connectivity index (χ1) is 9.20. The highest BCUT2D eigenvalue weighted by Crippen LogP contribution is 2.20. The van der Waals surface area contributed by atoms with E-state index in [1.807, 2.05) is 0 Å². The quantitative estimate of drug-likeness (QED) is 0.728. The predicted molar refractivity (Wildman–Crippen MR) is 71.9 cm³/mol. The number of carbonyl (C=O) groups is 1. The Morgan fingerprint density at radius 3 is 2.74 bits per heavy atom. The summed E-state index contributed by atoms with van der Waals surface area (Å²) in [6.07, 6.45) is 3.23. The van der Waals surface area contributed by atoms with Gasteiger partial charge in [-0.05, 0) is 38.9 Å². The van der Waals surface area contributed by atoms with Gasteiger partial charge in [0, 0.05) is 25.2 Å². The largest absolute Gasteiger partial charge is 0.443 e. The molecular weight excluding hydrogens is 244 g/mol. The molecule has 0 aliphatic carbocycles. The van der Waals surface area contributed by atoms with Crippen LogP contribution in [0.15, 0.2) is 0 Å². The molecule has 3 fully saturated rings. The fourth-order valence-corrected chi connectivity index (χ4v) is 3.38. The second kappa shape index (κ2) is 5.64. The molecule has 6 heteroatoms. The summed E-state index contributed by atoms with van der Waals surface area (Å²) < 4.78 is 5.20. The predicted octanol–water partition coefficient (Wildman–Crippen LogP) is -0.408. The van der Waals surface area contributed by atoms with Gasteiger partial charge >= 0.3 is 6.09 Å². The van der Waals surface area contributed by atoms with Gasteiger partial charge in [0.15, 0.2) is 0 Å². The summed E-state index contributed by atoms with van der Waals surface area (Å²) in [5.74, 6) is 0. The van der Waals surface area contributed by atoms with Crippen LogP contribution < -0.4 is 11.1 Å². The van der Waals surface area contributed by atoms with E-state index in [1.54, 1.807) is 0 Å². The highest BCUT2D eigenvalue weighted by molar-refractivity contribution is 5.69. The minimum atomic E-state index is -0.272. The van der Waals surface area contributed by atoms with Crippen LogP contribution in [0.25, 0.3) is 0 Å². The molecule has 2 unspecified atom stereocenters. The third-order valence-electron chi connectivity index (χ3n) is 4.55. The van der Waals surface area contributed by atoms with Crippen LogP contribution in [0.3, 0.4) is 0 Å². The molecule has 19 heavy (non-hydrogen) atoms. The lowest BCUT2D eigenvalue weighted by Gasteiger charge is -2.34. The number of alkyl carbamates (subject to hydrolysis) is 1. The monoisotopic (exact) mass is 268 g/mol. The van der Waals surface area contributed by atoms with Crippen LogP contribution in [0, 0.1) is 0 Å². The van der Waals surface area contributed by atoms with E-state index in [1.165, 1.54) is 6.42 Å². The van der Waals surface area contributed by atoms with E-state index >= 15 is 0 Å². The number of nitrogens with one attached hydrogen (secondary N) is 1. The highest BCUT2D eigenvalue weighted by Gasteiger charge is 2.32. The molecule has 0 aromatic carbocycles. The van der Waals surface area contributed by atoms with E-state index in [2.05, 4.69) is 15.1 Å². The number of ether oxygens (including phenoxy) is 1. The number of carbonyl (C=O) groups excluding carboxylic acids is 1. The van der Waals surface area contributed by atoms with Gasteiger partial charge in [-0.2, -0.15) is 0 Å². The van der Waals surface area contributed by atoms with E-state index in [9.17, 15) is 4.79 Å². The fraction of sp³-hybridized carbons (Fsp3) is 0.923. The van der Waals surface area contributed by atoms with Gasteiger partial charge in [0.1, 0.15) is 6.10 Å². The Morgan fingerprint density at radius 2 is 2.05 bits per heavy atom. The Hall–Kier alpha value is -0.850. The van der Waals surface area contributed by atoms with Crippen LogP contribution in [0.4, 0.5) is 4.79 Å². The number of amides is 1. The molecule has 0 spiro atoms. The molecule has 3 rings (SSSR count). The summed E-state index contributed by atoms with van der Waals surface area (Å²) in [6, 6.07) is 1.07. The van der Waals surface area contributed by atoms with Gasteiger partial charge in [-0.1, -0.05) is 0 Å². The van der Waals surface area contributed by atoms with Crippen LogP contribution in [0.1, 0.15) is 19.3 Å². The van der Waals surface area contributed by atoms with Gasteiger partial charge in [-0.15, -0.1) is 0 Å². The van der Waals surface area contributed by atoms with E-state index in [0.717, 1.165) is 45.6 Å². The molecule has 3 heterocycles. The average molecular weight is 268 g/mol. The molecule has 108 valence electrons. The minimum Gasteiger partial charge on any atom is -0.443 e. The summed E-state index contributed by atoms with van der Waals surface area (Å²) in [7, 11) is 0. The van der Waals surface area contributed by atoms with E-state index in [4.69, 9.17) is 10.5 Å². The first-order valence-electron chi connectivity index (χ1n) is 7.37. The van der Waals surface area contributed by atoms with Gasteiger partial charge in [-0.3, -0.25) is 9.80 Å². The topological polar surface area (TPSA) is 70.8 Å². The van der Waals surface area contributed by atoms with Crippen molar-refractivity contribution < 1.29 is 9.53 Å². The lowest BCUT2D eigenvalue weighted by molar-refractivity contribution is 0.109. The third kappa shape index (κ3) is 3.19. The smallest absolute Gasteiger partial charge is 0.407 e. The molecule has 0 aromatic heterocycles. The van der Waals surface area contributed by atoms with Gasteiger partial charge in [0.05, 0.1) is 6.54 Å². The number of piperidine rings is 1. The maximum atomic E-state index is 11.0. The molecule has 2 atom stereocenters. The van der Waals surface area contributed by atoms with E-state index < -0.39 is 0 Å². The minimum absolute atomic E-state index is 0.0287. The SMILES string of the molecule is NC1CCN(C2CCN(CC3CNC(=O)O3)C2)CC1. The van der Waals surface area contributed by atoms with Crippen molar-refractivity contribution in [3.05, 3.63) is 0 Å². The van der Waals surface area contributed by atoms with Crippen molar-refractivity contribution in [2.45, 2.75) is 37.5 Å². The summed E-state index contributed by atoms with van der Waals surface area (Å²) >= 11 is 0. The third-order valence-corrected chi connectivity index (χ3v) is 4.55. The normalized spacial score (nSPS) is 34.5. The Morgan fingerprint density at radius 1 is 1.26 bits per heavy atom. The molecule has 6 nitrogen and oxygen atoms in total. The van der Waals surface area contributed by atoms with E-state index in [0.29, 0.717) is 18.6 Å². The summed E-state index contributed by atoms with van der Waals surface area (Å²) in [6.45, 7) is 6.00.